The molecule has 1 aliphatic heterocycles. The number of carbonyl (C=O) groups is 1. The third kappa shape index (κ3) is 36.3. The molecule has 0 aromatic carbocycles. The van der Waals surface area contributed by atoms with E-state index in [2.05, 4.69) is 43.5 Å². The van der Waals surface area contributed by atoms with Crippen molar-refractivity contribution >= 4 is 5.91 Å². The van der Waals surface area contributed by atoms with E-state index >= 15 is 0 Å². The maximum absolute atomic E-state index is 13.0. The maximum Gasteiger partial charge on any atom is 0.220 e. The number of hydrogen-bond donors (Lipinski definition) is 6. The molecule has 1 fully saturated rings. The van der Waals surface area contributed by atoms with Crippen LogP contribution in [0.15, 0.2) is 24.3 Å². The Morgan fingerprint density at radius 3 is 1.32 bits per heavy atom. The minimum Gasteiger partial charge on any atom is -0.394 e. The Morgan fingerprint density at radius 1 is 0.523 bits per heavy atom. The van der Waals surface area contributed by atoms with E-state index in [0.717, 1.165) is 44.9 Å². The van der Waals surface area contributed by atoms with Gasteiger partial charge in [-0.05, 0) is 44.9 Å². The molecular weight excluding hydrogens is 815 g/mol. The van der Waals surface area contributed by atoms with Crippen LogP contribution in [-0.2, 0) is 14.3 Å². The molecule has 0 aromatic heterocycles. The first kappa shape index (κ1) is 61.7. The van der Waals surface area contributed by atoms with Crippen molar-refractivity contribution in [2.75, 3.05) is 13.2 Å². The van der Waals surface area contributed by atoms with E-state index in [1.165, 1.54) is 199 Å². The molecule has 1 saturated heterocycles. The minimum atomic E-state index is -1.55. The van der Waals surface area contributed by atoms with Gasteiger partial charge in [-0.3, -0.25) is 4.79 Å². The molecule has 7 unspecified atom stereocenters. The van der Waals surface area contributed by atoms with Gasteiger partial charge in [-0.25, -0.2) is 0 Å². The molecule has 0 radical (unpaired) electrons. The first-order valence-electron chi connectivity index (χ1n) is 28.0. The van der Waals surface area contributed by atoms with Crippen LogP contribution in [0.3, 0.4) is 0 Å². The van der Waals surface area contributed by atoms with Crippen LogP contribution in [0.2, 0.25) is 0 Å². The summed E-state index contributed by atoms with van der Waals surface area (Å²) < 4.78 is 11.2. The predicted molar refractivity (Wildman–Crippen MR) is 272 cm³/mol. The van der Waals surface area contributed by atoms with Crippen LogP contribution in [-0.4, -0.2) is 87.5 Å². The summed E-state index contributed by atoms with van der Waals surface area (Å²) in [5, 5.41) is 54.2. The monoisotopic (exact) mass is 922 g/mol. The van der Waals surface area contributed by atoms with Gasteiger partial charge in [0.05, 0.1) is 25.4 Å². The zero-order valence-electron chi connectivity index (χ0n) is 42.5. The molecule has 0 saturated carbocycles. The number of amides is 1. The number of aliphatic hydroxyl groups excluding tert-OH is 5. The normalized spacial score (nSPS) is 20.0. The summed E-state index contributed by atoms with van der Waals surface area (Å²) in [6.45, 7) is 3.79. The second-order valence-corrected chi connectivity index (χ2v) is 19.7. The molecule has 0 aromatic rings. The number of unbranched alkanes of at least 4 members (excludes halogenated alkanes) is 34. The summed E-state index contributed by atoms with van der Waals surface area (Å²) in [6, 6.07) is -0.712. The predicted octanol–water partition coefficient (Wildman–Crippen LogP) is 13.4. The molecule has 9 heteroatoms. The van der Waals surface area contributed by atoms with Gasteiger partial charge in [-0.1, -0.05) is 244 Å². The van der Waals surface area contributed by atoms with Crippen LogP contribution in [0.25, 0.3) is 0 Å². The van der Waals surface area contributed by atoms with Crippen molar-refractivity contribution in [1.82, 2.24) is 5.32 Å². The van der Waals surface area contributed by atoms with Crippen molar-refractivity contribution in [2.45, 2.75) is 314 Å². The number of ether oxygens (including phenoxy) is 2. The van der Waals surface area contributed by atoms with Crippen molar-refractivity contribution in [1.29, 1.82) is 0 Å². The SMILES string of the molecule is CCCCCCC/C=C\C/C=C\CCCCCCCCCCCCCCCCCCCCCCCCCC(=O)NC(COC1OC(CO)C(O)C(O)C1O)C(O)CCCCCCCCC. The Bertz CT molecular complexity index is 1070. The van der Waals surface area contributed by atoms with Crippen molar-refractivity contribution in [3.63, 3.8) is 0 Å². The first-order valence-corrected chi connectivity index (χ1v) is 28.0. The summed E-state index contributed by atoms with van der Waals surface area (Å²) in [5.74, 6) is -0.144. The fraction of sp³-hybridized carbons (Fsp3) is 0.911. The molecule has 0 aliphatic carbocycles. The molecule has 1 rings (SSSR count). The van der Waals surface area contributed by atoms with Crippen LogP contribution >= 0.6 is 0 Å². The largest absolute Gasteiger partial charge is 0.394 e. The quantitative estimate of drug-likeness (QED) is 0.0261. The van der Waals surface area contributed by atoms with Crippen LogP contribution in [0.4, 0.5) is 0 Å². The molecule has 0 bridgehead atoms. The van der Waals surface area contributed by atoms with E-state index in [-0.39, 0.29) is 12.5 Å². The molecule has 0 spiro atoms. The van der Waals surface area contributed by atoms with Crippen molar-refractivity contribution in [3.8, 4) is 0 Å². The fourth-order valence-electron chi connectivity index (χ4n) is 9.08. The third-order valence-corrected chi connectivity index (χ3v) is 13.6. The number of rotatable bonds is 48. The van der Waals surface area contributed by atoms with Crippen molar-refractivity contribution in [3.05, 3.63) is 24.3 Å². The standard InChI is InChI=1S/C56H107NO8/c1-3-5-7-9-11-12-13-14-15-16-17-18-19-20-21-22-23-24-25-26-27-28-29-30-31-32-33-34-35-36-37-38-40-42-44-46-52(60)57-49(50(59)45-43-41-39-10-8-6-4-2)48-64-56-55(63)54(62)53(61)51(47-58)65-56/h13-14,16-17,49-51,53-56,58-59,61-63H,3-12,15,18-48H2,1-2H3,(H,57,60)/b14-13-,17-16-. The van der Waals surface area contributed by atoms with Crippen molar-refractivity contribution < 1.29 is 39.8 Å². The van der Waals surface area contributed by atoms with Crippen LogP contribution in [0.1, 0.15) is 271 Å². The van der Waals surface area contributed by atoms with Gasteiger partial charge < -0.3 is 40.3 Å². The summed E-state index contributed by atoms with van der Waals surface area (Å²) in [7, 11) is 0. The van der Waals surface area contributed by atoms with E-state index in [1.807, 2.05) is 0 Å². The first-order chi connectivity index (χ1) is 31.8. The Kier molecular flexibility index (Phi) is 44.0. The van der Waals surface area contributed by atoms with E-state index in [0.29, 0.717) is 12.8 Å². The van der Waals surface area contributed by atoms with Gasteiger partial charge in [0.25, 0.3) is 0 Å². The molecule has 7 atom stereocenters. The lowest BCUT2D eigenvalue weighted by molar-refractivity contribution is -0.302. The van der Waals surface area contributed by atoms with Crippen LogP contribution in [0.5, 0.6) is 0 Å². The van der Waals surface area contributed by atoms with E-state index in [4.69, 9.17) is 9.47 Å². The van der Waals surface area contributed by atoms with Gasteiger partial charge in [-0.2, -0.15) is 0 Å². The summed E-state index contributed by atoms with van der Waals surface area (Å²) in [4.78, 5) is 13.0. The smallest absolute Gasteiger partial charge is 0.220 e. The molecule has 1 aliphatic rings. The summed E-state index contributed by atoms with van der Waals surface area (Å²) in [6.07, 6.45) is 51.2. The lowest BCUT2D eigenvalue weighted by Gasteiger charge is -2.40. The van der Waals surface area contributed by atoms with Gasteiger partial charge in [0.1, 0.15) is 24.4 Å². The average Bonchev–Trinajstić information content (AvgIpc) is 3.31. The van der Waals surface area contributed by atoms with Crippen LogP contribution in [0, 0.1) is 0 Å². The van der Waals surface area contributed by atoms with Gasteiger partial charge in [0.15, 0.2) is 6.29 Å². The lowest BCUT2D eigenvalue weighted by atomic mass is 9.99. The number of allylic oxidation sites excluding steroid dienone is 4. The highest BCUT2D eigenvalue weighted by atomic mass is 16.7. The second kappa shape index (κ2) is 46.4. The Labute approximate surface area is 400 Å². The summed E-state index contributed by atoms with van der Waals surface area (Å²) in [5.41, 5.74) is 0. The fourth-order valence-corrected chi connectivity index (χ4v) is 9.08. The molecule has 65 heavy (non-hydrogen) atoms. The van der Waals surface area contributed by atoms with E-state index in [1.54, 1.807) is 0 Å². The van der Waals surface area contributed by atoms with E-state index in [9.17, 15) is 30.3 Å². The second-order valence-electron chi connectivity index (χ2n) is 19.7. The number of aliphatic hydroxyl groups is 5. The van der Waals surface area contributed by atoms with Gasteiger partial charge >= 0.3 is 0 Å². The molecule has 384 valence electrons. The van der Waals surface area contributed by atoms with Crippen molar-refractivity contribution in [2.24, 2.45) is 0 Å². The van der Waals surface area contributed by atoms with Crippen LogP contribution < -0.4 is 5.32 Å². The number of nitrogens with one attached hydrogen (secondary N) is 1. The molecule has 9 nitrogen and oxygen atoms in total. The summed E-state index contributed by atoms with van der Waals surface area (Å²) >= 11 is 0. The van der Waals surface area contributed by atoms with E-state index < -0.39 is 49.5 Å². The van der Waals surface area contributed by atoms with Gasteiger partial charge in [0.2, 0.25) is 5.91 Å². The molecule has 6 N–H and O–H groups in total. The Morgan fingerprint density at radius 2 is 0.908 bits per heavy atom. The highest BCUT2D eigenvalue weighted by Gasteiger charge is 2.44. The van der Waals surface area contributed by atoms with Gasteiger partial charge in [0, 0.05) is 6.42 Å². The zero-order chi connectivity index (χ0) is 47.3. The highest BCUT2D eigenvalue weighted by Crippen LogP contribution is 2.23. The Hall–Kier alpha value is -1.33. The van der Waals surface area contributed by atoms with Gasteiger partial charge in [-0.15, -0.1) is 0 Å². The maximum atomic E-state index is 13.0. The molecular formula is C56H107NO8. The lowest BCUT2D eigenvalue weighted by Crippen LogP contribution is -2.60. The number of hydrogen-bond acceptors (Lipinski definition) is 8. The average molecular weight is 922 g/mol. The zero-order valence-corrected chi connectivity index (χ0v) is 42.5. The Balaban J connectivity index is 1.99. The topological polar surface area (TPSA) is 149 Å². The minimum absolute atomic E-state index is 0.135. The molecule has 1 amide bonds. The third-order valence-electron chi connectivity index (χ3n) is 13.6. The molecule has 1 heterocycles. The number of carbonyl (C=O) groups excluding carboxylic acids is 1. The highest BCUT2D eigenvalue weighted by molar-refractivity contribution is 5.76.